The molecule has 5 nitrogen and oxygen atoms in total. The number of nitrogens with zero attached hydrogens (tertiary/aromatic N) is 2. The minimum Gasteiger partial charge on any atom is -0.475 e. The molecule has 0 unspecified atom stereocenters. The second kappa shape index (κ2) is 3.02. The van der Waals surface area contributed by atoms with Crippen molar-refractivity contribution in [2.75, 3.05) is 0 Å². The SMILES string of the molecule is Cn1cc(-c2ccoc2C(=O)O)cn1. The van der Waals surface area contributed by atoms with Gasteiger partial charge in [0.1, 0.15) is 0 Å². The van der Waals surface area contributed by atoms with Crippen molar-refractivity contribution in [3.63, 3.8) is 0 Å². The second-order valence-corrected chi connectivity index (χ2v) is 2.87. The Balaban J connectivity index is 2.51. The van der Waals surface area contributed by atoms with Crippen molar-refractivity contribution in [3.05, 3.63) is 30.5 Å². The van der Waals surface area contributed by atoms with Gasteiger partial charge in [-0.05, 0) is 6.07 Å². The van der Waals surface area contributed by atoms with Gasteiger partial charge in [0.25, 0.3) is 0 Å². The fourth-order valence-electron chi connectivity index (χ4n) is 1.26. The maximum atomic E-state index is 10.7. The highest BCUT2D eigenvalue weighted by molar-refractivity contribution is 5.92. The van der Waals surface area contributed by atoms with Crippen LogP contribution >= 0.6 is 0 Å². The maximum absolute atomic E-state index is 10.7. The molecule has 0 atom stereocenters. The predicted octanol–water partition coefficient (Wildman–Crippen LogP) is 1.38. The van der Waals surface area contributed by atoms with Gasteiger partial charge in [0.05, 0.1) is 12.5 Å². The van der Waals surface area contributed by atoms with Gasteiger partial charge < -0.3 is 9.52 Å². The van der Waals surface area contributed by atoms with Crippen LogP contribution in [0.1, 0.15) is 10.6 Å². The molecule has 2 rings (SSSR count). The zero-order valence-electron chi connectivity index (χ0n) is 7.47. The highest BCUT2D eigenvalue weighted by atomic mass is 16.4. The zero-order valence-corrected chi connectivity index (χ0v) is 7.47. The number of carboxylic acids is 1. The second-order valence-electron chi connectivity index (χ2n) is 2.87. The molecule has 0 aromatic carbocycles. The Morgan fingerprint density at radius 2 is 2.43 bits per heavy atom. The molecule has 0 aliphatic rings. The van der Waals surface area contributed by atoms with Crippen LogP contribution in [0.25, 0.3) is 11.1 Å². The monoisotopic (exact) mass is 192 g/mol. The molecule has 72 valence electrons. The van der Waals surface area contributed by atoms with Crippen molar-refractivity contribution in [2.45, 2.75) is 0 Å². The van der Waals surface area contributed by atoms with E-state index in [9.17, 15) is 4.79 Å². The van der Waals surface area contributed by atoms with Crippen molar-refractivity contribution in [2.24, 2.45) is 7.05 Å². The average Bonchev–Trinajstić information content (AvgIpc) is 2.70. The lowest BCUT2D eigenvalue weighted by Gasteiger charge is -1.92. The third-order valence-corrected chi connectivity index (χ3v) is 1.88. The molecular formula is C9H8N2O3. The normalized spacial score (nSPS) is 10.4. The Labute approximate surface area is 79.6 Å². The van der Waals surface area contributed by atoms with E-state index >= 15 is 0 Å². The minimum absolute atomic E-state index is 0.0574. The number of hydrogen-bond acceptors (Lipinski definition) is 3. The molecule has 0 aliphatic heterocycles. The summed E-state index contributed by atoms with van der Waals surface area (Å²) in [4.78, 5) is 10.7. The van der Waals surface area contributed by atoms with Crippen LogP contribution in [-0.4, -0.2) is 20.9 Å². The van der Waals surface area contributed by atoms with Gasteiger partial charge in [0, 0.05) is 24.4 Å². The topological polar surface area (TPSA) is 68.3 Å². The number of aromatic carboxylic acids is 1. The lowest BCUT2D eigenvalue weighted by atomic mass is 10.1. The van der Waals surface area contributed by atoms with E-state index in [1.807, 2.05) is 0 Å². The molecule has 0 spiro atoms. The standard InChI is InChI=1S/C9H8N2O3/c1-11-5-6(4-10-11)7-2-3-14-8(7)9(12)13/h2-5H,1H3,(H,12,13). The van der Waals surface area contributed by atoms with E-state index in [-0.39, 0.29) is 5.76 Å². The smallest absolute Gasteiger partial charge is 0.372 e. The highest BCUT2D eigenvalue weighted by Gasteiger charge is 2.16. The molecule has 0 amide bonds. The number of carbonyl (C=O) groups is 1. The maximum Gasteiger partial charge on any atom is 0.372 e. The average molecular weight is 192 g/mol. The minimum atomic E-state index is -1.08. The third-order valence-electron chi connectivity index (χ3n) is 1.88. The largest absolute Gasteiger partial charge is 0.475 e. The third kappa shape index (κ3) is 1.28. The molecular weight excluding hydrogens is 184 g/mol. The molecule has 0 radical (unpaired) electrons. The van der Waals surface area contributed by atoms with E-state index in [2.05, 4.69) is 5.10 Å². The first-order valence-electron chi connectivity index (χ1n) is 3.98. The van der Waals surface area contributed by atoms with Crippen molar-refractivity contribution < 1.29 is 14.3 Å². The van der Waals surface area contributed by atoms with Crippen LogP contribution in [0.4, 0.5) is 0 Å². The van der Waals surface area contributed by atoms with Gasteiger partial charge in [0.2, 0.25) is 5.76 Å². The van der Waals surface area contributed by atoms with Crippen LogP contribution in [0.3, 0.4) is 0 Å². The number of rotatable bonds is 2. The fraction of sp³-hybridized carbons (Fsp3) is 0.111. The van der Waals surface area contributed by atoms with Crippen LogP contribution in [0, 0.1) is 0 Å². The van der Waals surface area contributed by atoms with Gasteiger partial charge >= 0.3 is 5.97 Å². The number of carboxylic acid groups (broad SMARTS) is 1. The van der Waals surface area contributed by atoms with Crippen LogP contribution in [0.15, 0.2) is 29.1 Å². The number of hydrogen-bond donors (Lipinski definition) is 1. The van der Waals surface area contributed by atoms with Gasteiger partial charge in [0.15, 0.2) is 0 Å². The van der Waals surface area contributed by atoms with Crippen molar-refractivity contribution in [1.82, 2.24) is 9.78 Å². The Hall–Kier alpha value is -2.04. The summed E-state index contributed by atoms with van der Waals surface area (Å²) in [5, 5.41) is 12.8. The lowest BCUT2D eigenvalue weighted by molar-refractivity contribution is 0.0663. The Bertz CT molecular complexity index is 470. The van der Waals surface area contributed by atoms with Crippen LogP contribution < -0.4 is 0 Å². The number of aryl methyl sites for hydroxylation is 1. The molecule has 0 fully saturated rings. The van der Waals surface area contributed by atoms with Gasteiger partial charge in [-0.1, -0.05) is 0 Å². The molecule has 2 aromatic rings. The Kier molecular flexibility index (Phi) is 1.85. The van der Waals surface area contributed by atoms with Gasteiger partial charge in [-0.2, -0.15) is 5.10 Å². The predicted molar refractivity (Wildman–Crippen MR) is 47.9 cm³/mol. The van der Waals surface area contributed by atoms with Crippen molar-refractivity contribution >= 4 is 5.97 Å². The van der Waals surface area contributed by atoms with E-state index in [0.29, 0.717) is 5.56 Å². The fourth-order valence-corrected chi connectivity index (χ4v) is 1.26. The highest BCUT2D eigenvalue weighted by Crippen LogP contribution is 2.23. The Morgan fingerprint density at radius 3 is 3.00 bits per heavy atom. The van der Waals surface area contributed by atoms with Gasteiger partial charge in [-0.3, -0.25) is 4.68 Å². The zero-order chi connectivity index (χ0) is 10.1. The van der Waals surface area contributed by atoms with Crippen molar-refractivity contribution in [3.8, 4) is 11.1 Å². The quantitative estimate of drug-likeness (QED) is 0.780. The molecule has 1 N–H and O–H groups in total. The first kappa shape index (κ1) is 8.55. The molecule has 0 bridgehead atoms. The number of furan rings is 1. The summed E-state index contributed by atoms with van der Waals surface area (Å²) < 4.78 is 6.46. The molecule has 0 saturated carbocycles. The molecule has 5 heteroatoms. The summed E-state index contributed by atoms with van der Waals surface area (Å²) in [6, 6.07) is 1.61. The van der Waals surface area contributed by atoms with Crippen LogP contribution in [0.5, 0.6) is 0 Å². The van der Waals surface area contributed by atoms with E-state index in [1.54, 1.807) is 30.2 Å². The summed E-state index contributed by atoms with van der Waals surface area (Å²) >= 11 is 0. The lowest BCUT2D eigenvalue weighted by Crippen LogP contribution is -1.95. The van der Waals surface area contributed by atoms with E-state index in [1.165, 1.54) is 6.26 Å². The summed E-state index contributed by atoms with van der Waals surface area (Å²) in [5.74, 6) is -1.13. The first-order valence-corrected chi connectivity index (χ1v) is 3.98. The van der Waals surface area contributed by atoms with Crippen LogP contribution in [0.2, 0.25) is 0 Å². The molecule has 14 heavy (non-hydrogen) atoms. The van der Waals surface area contributed by atoms with Crippen molar-refractivity contribution in [1.29, 1.82) is 0 Å². The molecule has 0 saturated heterocycles. The molecule has 2 heterocycles. The first-order chi connectivity index (χ1) is 6.68. The summed E-state index contributed by atoms with van der Waals surface area (Å²) in [6.45, 7) is 0. The summed E-state index contributed by atoms with van der Waals surface area (Å²) in [5.41, 5.74) is 1.28. The Morgan fingerprint density at radius 1 is 1.64 bits per heavy atom. The van der Waals surface area contributed by atoms with E-state index < -0.39 is 5.97 Å². The molecule has 0 aliphatic carbocycles. The summed E-state index contributed by atoms with van der Waals surface area (Å²) in [6.07, 6.45) is 4.68. The summed E-state index contributed by atoms with van der Waals surface area (Å²) in [7, 11) is 1.77. The van der Waals surface area contributed by atoms with E-state index in [4.69, 9.17) is 9.52 Å². The molecule has 2 aromatic heterocycles. The van der Waals surface area contributed by atoms with Gasteiger partial charge in [-0.15, -0.1) is 0 Å². The number of aromatic nitrogens is 2. The van der Waals surface area contributed by atoms with Crippen LogP contribution in [-0.2, 0) is 7.05 Å². The van der Waals surface area contributed by atoms with Gasteiger partial charge in [-0.25, -0.2) is 4.79 Å². The van der Waals surface area contributed by atoms with E-state index in [0.717, 1.165) is 5.56 Å².